The Morgan fingerprint density at radius 2 is 1.81 bits per heavy atom. The fourth-order valence-electron chi connectivity index (χ4n) is 4.33. The molecule has 2 amide bonds. The quantitative estimate of drug-likeness (QED) is 0.374. The Morgan fingerprint density at radius 1 is 1.05 bits per heavy atom. The van der Waals surface area contributed by atoms with Gasteiger partial charge in [0.25, 0.3) is 0 Å². The highest BCUT2D eigenvalue weighted by molar-refractivity contribution is 5.86. The van der Waals surface area contributed by atoms with Gasteiger partial charge in [0.15, 0.2) is 0 Å². The summed E-state index contributed by atoms with van der Waals surface area (Å²) in [5, 5.41) is 15.3. The number of rotatable bonds is 8. The number of hydrogen-bond donors (Lipinski definition) is 3. The smallest absolute Gasteiger partial charge is 0.309 e. The summed E-state index contributed by atoms with van der Waals surface area (Å²) in [6.45, 7) is -0.0364. The third-order valence-electron chi connectivity index (χ3n) is 6.36. The largest absolute Gasteiger partial charge is 0.464 e. The molecule has 8 heteroatoms. The number of aliphatic hydroxyl groups is 1. The summed E-state index contributed by atoms with van der Waals surface area (Å²) in [4.78, 5) is 38.1. The van der Waals surface area contributed by atoms with Crippen molar-refractivity contribution < 1.29 is 28.6 Å². The average molecular weight is 511 g/mol. The zero-order chi connectivity index (χ0) is 26.5. The molecule has 3 rings (SSSR count). The molecule has 198 valence electrons. The van der Waals surface area contributed by atoms with Crippen LogP contribution in [0.25, 0.3) is 0 Å². The fourth-order valence-corrected chi connectivity index (χ4v) is 4.33. The average Bonchev–Trinajstić information content (AvgIpc) is 2.91. The molecule has 0 radical (unpaired) electrons. The first-order valence-corrected chi connectivity index (χ1v) is 12.7. The number of halogens is 1. The zero-order valence-electron chi connectivity index (χ0n) is 20.9. The molecule has 0 aliphatic carbocycles. The van der Waals surface area contributed by atoms with Crippen LogP contribution in [0.4, 0.5) is 4.39 Å². The van der Waals surface area contributed by atoms with Crippen LogP contribution in [-0.4, -0.2) is 48.7 Å². The number of esters is 1. The van der Waals surface area contributed by atoms with Crippen molar-refractivity contribution in [3.63, 3.8) is 0 Å². The van der Waals surface area contributed by atoms with Gasteiger partial charge in [-0.3, -0.25) is 14.4 Å². The standard InChI is InChI=1S/C29H35FN2O5/c30-25-13-11-22(12-14-25)17-24-10-6-2-5-9-23(28(35)31-15-16-37-29(24)36)19-27(34)32-26(20-33)18-21-7-3-1-4-8-21/h1-5,7-8,11-14,23-24,26,33H,6,9-10,15-20H2,(H,31,35)(H,32,34)/b5-2+/t23-,24-,26-/m0/s1. The van der Waals surface area contributed by atoms with E-state index in [1.165, 1.54) is 12.1 Å². The van der Waals surface area contributed by atoms with Gasteiger partial charge in [0, 0.05) is 6.42 Å². The Labute approximate surface area is 217 Å². The number of allylic oxidation sites excluding steroid dienone is 2. The maximum atomic E-state index is 13.2. The second-order valence-electron chi connectivity index (χ2n) is 9.31. The molecule has 0 saturated carbocycles. The fraction of sp³-hybridized carbons (Fsp3) is 0.414. The van der Waals surface area contributed by atoms with Gasteiger partial charge in [-0.2, -0.15) is 0 Å². The first-order valence-electron chi connectivity index (χ1n) is 12.7. The van der Waals surface area contributed by atoms with Crippen LogP contribution >= 0.6 is 0 Å². The van der Waals surface area contributed by atoms with Crippen molar-refractivity contribution in [3.8, 4) is 0 Å². The van der Waals surface area contributed by atoms with E-state index < -0.39 is 12.0 Å². The van der Waals surface area contributed by atoms with E-state index in [0.717, 1.165) is 11.1 Å². The molecular formula is C29H35FN2O5. The summed E-state index contributed by atoms with van der Waals surface area (Å²) in [5.41, 5.74) is 1.85. The van der Waals surface area contributed by atoms with Crippen molar-refractivity contribution in [2.75, 3.05) is 19.8 Å². The lowest BCUT2D eigenvalue weighted by molar-refractivity contribution is -0.149. The van der Waals surface area contributed by atoms with Gasteiger partial charge >= 0.3 is 5.97 Å². The second kappa shape index (κ2) is 14.9. The normalized spacial score (nSPS) is 20.8. The minimum absolute atomic E-state index is 0.0194. The summed E-state index contributed by atoms with van der Waals surface area (Å²) in [7, 11) is 0. The summed E-state index contributed by atoms with van der Waals surface area (Å²) >= 11 is 0. The highest BCUT2D eigenvalue weighted by Gasteiger charge is 2.24. The van der Waals surface area contributed by atoms with Gasteiger partial charge in [0.2, 0.25) is 11.8 Å². The van der Waals surface area contributed by atoms with Crippen LogP contribution in [0.15, 0.2) is 66.7 Å². The minimum Gasteiger partial charge on any atom is -0.464 e. The van der Waals surface area contributed by atoms with Crippen molar-refractivity contribution >= 4 is 17.8 Å². The van der Waals surface area contributed by atoms with E-state index in [2.05, 4.69) is 10.6 Å². The maximum absolute atomic E-state index is 13.2. The number of amides is 2. The molecule has 3 N–H and O–H groups in total. The van der Waals surface area contributed by atoms with Gasteiger partial charge < -0.3 is 20.5 Å². The lowest BCUT2D eigenvalue weighted by atomic mass is 9.94. The zero-order valence-corrected chi connectivity index (χ0v) is 20.9. The Kier molecular flexibility index (Phi) is 11.3. The van der Waals surface area contributed by atoms with E-state index in [1.807, 2.05) is 42.5 Å². The number of cyclic esters (lactones) is 1. The molecule has 0 unspecified atom stereocenters. The highest BCUT2D eigenvalue weighted by atomic mass is 19.1. The Hall–Kier alpha value is -3.52. The van der Waals surface area contributed by atoms with Gasteiger partial charge in [0.05, 0.1) is 31.0 Å². The van der Waals surface area contributed by atoms with Gasteiger partial charge in [-0.1, -0.05) is 54.6 Å². The molecule has 0 saturated heterocycles. The Morgan fingerprint density at radius 3 is 2.54 bits per heavy atom. The molecule has 1 aliphatic heterocycles. The number of hydrogen-bond acceptors (Lipinski definition) is 5. The minimum atomic E-state index is -0.584. The second-order valence-corrected chi connectivity index (χ2v) is 9.31. The van der Waals surface area contributed by atoms with Gasteiger partial charge in [-0.05, 0) is 55.4 Å². The van der Waals surface area contributed by atoms with Gasteiger partial charge in [-0.15, -0.1) is 0 Å². The van der Waals surface area contributed by atoms with E-state index in [0.29, 0.717) is 32.1 Å². The number of carbonyl (C=O) groups excluding carboxylic acids is 3. The number of benzene rings is 2. The van der Waals surface area contributed by atoms with Crippen LogP contribution < -0.4 is 10.6 Å². The first kappa shape index (κ1) is 28.1. The van der Waals surface area contributed by atoms with Crippen molar-refractivity contribution in [2.24, 2.45) is 11.8 Å². The van der Waals surface area contributed by atoms with Gasteiger partial charge in [0.1, 0.15) is 12.4 Å². The molecule has 3 atom stereocenters. The number of nitrogens with one attached hydrogen (secondary N) is 2. The molecule has 0 fully saturated rings. The lowest BCUT2D eigenvalue weighted by Gasteiger charge is -2.19. The van der Waals surface area contributed by atoms with Crippen LogP contribution in [-0.2, 0) is 32.0 Å². The number of aliphatic hydroxyl groups excluding tert-OH is 1. The van der Waals surface area contributed by atoms with Crippen LogP contribution in [0.5, 0.6) is 0 Å². The maximum Gasteiger partial charge on any atom is 0.309 e. The highest BCUT2D eigenvalue weighted by Crippen LogP contribution is 2.19. The predicted octanol–water partition coefficient (Wildman–Crippen LogP) is 3.11. The third kappa shape index (κ3) is 9.80. The molecule has 0 spiro atoms. The summed E-state index contributed by atoms with van der Waals surface area (Å²) in [6, 6.07) is 15.2. The molecule has 7 nitrogen and oxygen atoms in total. The van der Waals surface area contributed by atoms with Gasteiger partial charge in [-0.25, -0.2) is 4.39 Å². The Bertz CT molecular complexity index is 1040. The Balaban J connectivity index is 1.57. The topological polar surface area (TPSA) is 105 Å². The van der Waals surface area contributed by atoms with E-state index in [-0.39, 0.29) is 55.7 Å². The monoisotopic (exact) mass is 510 g/mol. The number of ether oxygens (including phenoxy) is 1. The van der Waals surface area contributed by atoms with E-state index in [4.69, 9.17) is 4.74 Å². The van der Waals surface area contributed by atoms with Crippen LogP contribution in [0, 0.1) is 17.7 Å². The van der Waals surface area contributed by atoms with E-state index in [1.54, 1.807) is 12.1 Å². The van der Waals surface area contributed by atoms with Crippen molar-refractivity contribution in [1.82, 2.24) is 10.6 Å². The summed E-state index contributed by atoms with van der Waals surface area (Å²) in [5.74, 6) is -2.24. The molecule has 0 bridgehead atoms. The van der Waals surface area contributed by atoms with Crippen LogP contribution in [0.1, 0.15) is 36.8 Å². The third-order valence-corrected chi connectivity index (χ3v) is 6.36. The van der Waals surface area contributed by atoms with E-state index in [9.17, 15) is 23.9 Å². The molecule has 2 aromatic carbocycles. The van der Waals surface area contributed by atoms with Crippen molar-refractivity contribution in [2.45, 2.75) is 44.6 Å². The first-order chi connectivity index (χ1) is 17.9. The molecule has 1 aliphatic rings. The van der Waals surface area contributed by atoms with Crippen molar-refractivity contribution in [3.05, 3.63) is 83.7 Å². The van der Waals surface area contributed by atoms with Crippen molar-refractivity contribution in [1.29, 1.82) is 0 Å². The predicted molar refractivity (Wildman–Crippen MR) is 138 cm³/mol. The molecule has 2 aromatic rings. The van der Waals surface area contributed by atoms with Crippen LogP contribution in [0.3, 0.4) is 0 Å². The SMILES string of the molecule is O=C(C[C@@H]1C/C=C/CC[C@@H](Cc2ccc(F)cc2)C(=O)OCCNC1=O)N[C@H](CO)Cc1ccccc1. The van der Waals surface area contributed by atoms with Crippen LogP contribution in [0.2, 0.25) is 0 Å². The summed E-state index contributed by atoms with van der Waals surface area (Å²) < 4.78 is 18.6. The molecule has 0 aromatic heterocycles. The number of carbonyl (C=O) groups is 3. The molecule has 37 heavy (non-hydrogen) atoms. The summed E-state index contributed by atoms with van der Waals surface area (Å²) in [6.07, 6.45) is 6.22. The van der Waals surface area contributed by atoms with E-state index >= 15 is 0 Å². The molecule has 1 heterocycles. The lowest BCUT2D eigenvalue weighted by Crippen LogP contribution is -2.42. The molecular weight excluding hydrogens is 475 g/mol.